The molecular formula is C28H31ClF2N2O3. The number of carboxylic acids is 1. The minimum Gasteiger partial charge on any atom is -0.497 e. The Morgan fingerprint density at radius 2 is 1.81 bits per heavy atom. The van der Waals surface area contributed by atoms with Gasteiger partial charge in [-0.3, -0.25) is 9.78 Å². The quantitative estimate of drug-likeness (QED) is 0.343. The highest BCUT2D eigenvalue weighted by molar-refractivity contribution is 6.32. The molecule has 1 saturated heterocycles. The van der Waals surface area contributed by atoms with Crippen molar-refractivity contribution < 1.29 is 23.4 Å². The molecule has 1 N–H and O–H groups in total. The minimum absolute atomic E-state index is 0.120. The van der Waals surface area contributed by atoms with Crippen molar-refractivity contribution in [2.75, 3.05) is 26.7 Å². The molecule has 36 heavy (non-hydrogen) atoms. The number of aryl methyl sites for hydroxylation is 1. The standard InChI is InChI=1S/C28H31ClF2N2O3/c1-36-19-9-10-26-22(17-19)20(23(29)18-32-26)5-3-11-28(27(34)35)12-15-33(16-13-28)14-4-6-21-24(30)7-2-8-25(21)31/h2,7-10,17-18H,3-6,11-16H2,1H3,(H,34,35). The topological polar surface area (TPSA) is 62.7 Å². The lowest BCUT2D eigenvalue weighted by Gasteiger charge is -2.39. The second-order valence-corrected chi connectivity index (χ2v) is 9.96. The number of aliphatic carboxylic acids is 1. The Kier molecular flexibility index (Phi) is 8.42. The lowest BCUT2D eigenvalue weighted by Crippen LogP contribution is -2.44. The van der Waals surface area contributed by atoms with Crippen LogP contribution < -0.4 is 4.74 Å². The second-order valence-electron chi connectivity index (χ2n) is 9.55. The van der Waals surface area contributed by atoms with Crippen LogP contribution in [0.15, 0.2) is 42.6 Å². The summed E-state index contributed by atoms with van der Waals surface area (Å²) in [5.74, 6) is -1.07. The van der Waals surface area contributed by atoms with E-state index < -0.39 is 23.0 Å². The summed E-state index contributed by atoms with van der Waals surface area (Å²) in [6.07, 6.45) is 5.58. The largest absolute Gasteiger partial charge is 0.497 e. The number of likely N-dealkylation sites (tertiary alicyclic amines) is 1. The van der Waals surface area contributed by atoms with Crippen molar-refractivity contribution in [3.63, 3.8) is 0 Å². The Balaban J connectivity index is 1.34. The molecule has 0 saturated carbocycles. The van der Waals surface area contributed by atoms with Gasteiger partial charge in [0.15, 0.2) is 0 Å². The first-order valence-electron chi connectivity index (χ1n) is 12.3. The van der Waals surface area contributed by atoms with Gasteiger partial charge in [-0.25, -0.2) is 8.78 Å². The zero-order valence-electron chi connectivity index (χ0n) is 20.4. The molecule has 0 amide bonds. The summed E-state index contributed by atoms with van der Waals surface area (Å²) in [5, 5.41) is 11.6. The third-order valence-corrected chi connectivity index (χ3v) is 7.77. The summed E-state index contributed by atoms with van der Waals surface area (Å²) in [4.78, 5) is 18.9. The number of aromatic nitrogens is 1. The van der Waals surface area contributed by atoms with E-state index >= 15 is 0 Å². The Morgan fingerprint density at radius 3 is 2.47 bits per heavy atom. The average Bonchev–Trinajstić information content (AvgIpc) is 2.87. The lowest BCUT2D eigenvalue weighted by atomic mass is 9.74. The summed E-state index contributed by atoms with van der Waals surface area (Å²) in [6.45, 7) is 1.99. The molecule has 1 aliphatic heterocycles. The molecule has 2 heterocycles. The van der Waals surface area contributed by atoms with Gasteiger partial charge in [-0.05, 0) is 100 Å². The Morgan fingerprint density at radius 1 is 1.11 bits per heavy atom. The van der Waals surface area contributed by atoms with Crippen LogP contribution in [0.25, 0.3) is 10.9 Å². The molecule has 0 bridgehead atoms. The van der Waals surface area contributed by atoms with Crippen LogP contribution in [0.4, 0.5) is 8.78 Å². The predicted molar refractivity (Wildman–Crippen MR) is 137 cm³/mol. The maximum Gasteiger partial charge on any atom is 0.309 e. The van der Waals surface area contributed by atoms with Gasteiger partial charge in [0.05, 0.1) is 23.1 Å². The van der Waals surface area contributed by atoms with E-state index in [-0.39, 0.29) is 5.56 Å². The molecule has 4 rings (SSSR count). The molecule has 1 aliphatic rings. The number of fused-ring (bicyclic) bond motifs is 1. The third-order valence-electron chi connectivity index (χ3n) is 7.45. The number of carbonyl (C=O) groups is 1. The number of methoxy groups -OCH3 is 1. The molecule has 192 valence electrons. The van der Waals surface area contributed by atoms with Crippen LogP contribution in [0, 0.1) is 17.0 Å². The third kappa shape index (κ3) is 5.79. The first-order valence-corrected chi connectivity index (χ1v) is 12.7. The van der Waals surface area contributed by atoms with Gasteiger partial charge in [0, 0.05) is 17.1 Å². The van der Waals surface area contributed by atoms with Crippen LogP contribution in [0.5, 0.6) is 5.75 Å². The van der Waals surface area contributed by atoms with Crippen LogP contribution >= 0.6 is 11.6 Å². The fraction of sp³-hybridized carbons (Fsp3) is 0.429. The summed E-state index contributed by atoms with van der Waals surface area (Å²) >= 11 is 6.48. The first kappa shape index (κ1) is 26.3. The van der Waals surface area contributed by atoms with E-state index in [1.807, 2.05) is 18.2 Å². The van der Waals surface area contributed by atoms with Crippen LogP contribution in [0.3, 0.4) is 0 Å². The second kappa shape index (κ2) is 11.5. The highest BCUT2D eigenvalue weighted by Crippen LogP contribution is 2.38. The molecule has 0 aliphatic carbocycles. The van der Waals surface area contributed by atoms with Crippen LogP contribution in [-0.4, -0.2) is 47.7 Å². The van der Waals surface area contributed by atoms with Crippen molar-refractivity contribution in [2.45, 2.75) is 44.9 Å². The van der Waals surface area contributed by atoms with Crippen LogP contribution in [0.2, 0.25) is 5.02 Å². The van der Waals surface area contributed by atoms with Gasteiger partial charge in [-0.1, -0.05) is 17.7 Å². The monoisotopic (exact) mass is 516 g/mol. The molecule has 0 spiro atoms. The van der Waals surface area contributed by atoms with Crippen molar-refractivity contribution in [1.29, 1.82) is 0 Å². The summed E-state index contributed by atoms with van der Waals surface area (Å²) in [7, 11) is 1.61. The summed E-state index contributed by atoms with van der Waals surface area (Å²) in [6, 6.07) is 9.59. The van der Waals surface area contributed by atoms with Gasteiger partial charge < -0.3 is 14.7 Å². The van der Waals surface area contributed by atoms with E-state index in [9.17, 15) is 18.7 Å². The maximum absolute atomic E-state index is 13.9. The zero-order valence-corrected chi connectivity index (χ0v) is 21.2. The van der Waals surface area contributed by atoms with Crippen molar-refractivity contribution >= 4 is 28.5 Å². The number of pyridine rings is 1. The molecule has 8 heteroatoms. The number of hydrogen-bond donors (Lipinski definition) is 1. The fourth-order valence-electron chi connectivity index (χ4n) is 5.21. The summed E-state index contributed by atoms with van der Waals surface area (Å²) in [5.41, 5.74) is 1.13. The van der Waals surface area contributed by atoms with Gasteiger partial charge in [0.2, 0.25) is 0 Å². The number of piperidine rings is 1. The number of ether oxygens (including phenoxy) is 1. The number of halogens is 3. The average molecular weight is 517 g/mol. The van der Waals surface area contributed by atoms with Crippen molar-refractivity contribution in [1.82, 2.24) is 9.88 Å². The van der Waals surface area contributed by atoms with Gasteiger partial charge in [0.25, 0.3) is 0 Å². The number of hydrogen-bond acceptors (Lipinski definition) is 4. The van der Waals surface area contributed by atoms with E-state index in [0.29, 0.717) is 69.6 Å². The number of carboxylic acid groups (broad SMARTS) is 1. The highest BCUT2D eigenvalue weighted by atomic mass is 35.5. The fourth-order valence-corrected chi connectivity index (χ4v) is 5.46. The Hall–Kier alpha value is -2.77. The van der Waals surface area contributed by atoms with Crippen molar-refractivity contribution in [3.05, 3.63) is 70.4 Å². The van der Waals surface area contributed by atoms with E-state index in [1.165, 1.54) is 18.2 Å². The van der Waals surface area contributed by atoms with E-state index in [2.05, 4.69) is 9.88 Å². The molecule has 5 nitrogen and oxygen atoms in total. The Bertz CT molecular complexity index is 1210. The van der Waals surface area contributed by atoms with E-state index in [0.717, 1.165) is 22.2 Å². The molecule has 0 atom stereocenters. The SMILES string of the molecule is COc1ccc2ncc(Cl)c(CCCC3(C(=O)O)CCN(CCCc4c(F)cccc4F)CC3)c2c1. The van der Waals surface area contributed by atoms with Gasteiger partial charge in [-0.15, -0.1) is 0 Å². The van der Waals surface area contributed by atoms with Gasteiger partial charge >= 0.3 is 5.97 Å². The number of nitrogens with zero attached hydrogens (tertiary/aromatic N) is 2. The summed E-state index contributed by atoms with van der Waals surface area (Å²) < 4.78 is 33.1. The first-order chi connectivity index (χ1) is 17.3. The van der Waals surface area contributed by atoms with Gasteiger partial charge in [0.1, 0.15) is 17.4 Å². The number of rotatable bonds is 10. The smallest absolute Gasteiger partial charge is 0.309 e. The molecule has 2 aromatic carbocycles. The Labute approximate surface area is 215 Å². The molecular weight excluding hydrogens is 486 g/mol. The maximum atomic E-state index is 13.9. The molecule has 1 aromatic heterocycles. The van der Waals surface area contributed by atoms with Crippen molar-refractivity contribution in [2.24, 2.45) is 5.41 Å². The van der Waals surface area contributed by atoms with Crippen LogP contribution in [0.1, 0.15) is 43.2 Å². The van der Waals surface area contributed by atoms with Gasteiger partial charge in [-0.2, -0.15) is 0 Å². The van der Waals surface area contributed by atoms with E-state index in [4.69, 9.17) is 16.3 Å². The van der Waals surface area contributed by atoms with Crippen molar-refractivity contribution in [3.8, 4) is 5.75 Å². The number of benzene rings is 2. The molecule has 1 fully saturated rings. The predicted octanol–water partition coefficient (Wildman–Crippen LogP) is 6.30. The minimum atomic E-state index is -0.777. The molecule has 3 aromatic rings. The van der Waals surface area contributed by atoms with E-state index in [1.54, 1.807) is 13.3 Å². The molecule has 0 radical (unpaired) electrons. The highest BCUT2D eigenvalue weighted by Gasteiger charge is 2.40. The lowest BCUT2D eigenvalue weighted by molar-refractivity contribution is -0.152. The normalized spacial score (nSPS) is 15.8. The molecule has 0 unspecified atom stereocenters. The van der Waals surface area contributed by atoms with Crippen LogP contribution in [-0.2, 0) is 17.6 Å². The zero-order chi connectivity index (χ0) is 25.7.